The number of nitrogens with zero attached hydrogens (tertiary/aromatic N) is 1. The van der Waals surface area contributed by atoms with Crippen LogP contribution in [0.15, 0.2) is 41.3 Å². The number of amides is 1. The second kappa shape index (κ2) is 7.12. The minimum atomic E-state index is -3.62. The van der Waals surface area contributed by atoms with Crippen LogP contribution in [0, 0.1) is 0 Å². The van der Waals surface area contributed by atoms with Crippen LogP contribution in [0.4, 0.5) is 5.00 Å². The van der Waals surface area contributed by atoms with Crippen LogP contribution in [0.1, 0.15) is 20.0 Å². The molecule has 0 saturated carbocycles. The predicted octanol–water partition coefficient (Wildman–Crippen LogP) is 2.04. The van der Waals surface area contributed by atoms with E-state index in [1.54, 1.807) is 12.1 Å². The summed E-state index contributed by atoms with van der Waals surface area (Å²) in [4.78, 5) is 24.1. The smallest absolute Gasteiger partial charge is 0.348 e. The lowest BCUT2D eigenvalue weighted by Crippen LogP contribution is -2.22. The Morgan fingerprint density at radius 1 is 1.17 bits per heavy atom. The number of nitrogens with one attached hydrogen (secondary N) is 1. The van der Waals surface area contributed by atoms with Gasteiger partial charge in [0.15, 0.2) is 0 Å². The van der Waals surface area contributed by atoms with Crippen molar-refractivity contribution in [1.82, 2.24) is 4.31 Å². The van der Waals surface area contributed by atoms with Crippen LogP contribution in [-0.2, 0) is 14.8 Å². The molecule has 0 saturated heterocycles. The summed E-state index contributed by atoms with van der Waals surface area (Å²) >= 11 is 1.07. The first-order chi connectivity index (χ1) is 11.3. The van der Waals surface area contributed by atoms with Crippen molar-refractivity contribution in [2.75, 3.05) is 26.5 Å². The van der Waals surface area contributed by atoms with Crippen molar-refractivity contribution in [3.63, 3.8) is 0 Å². The molecule has 0 bridgehead atoms. The van der Waals surface area contributed by atoms with Crippen LogP contribution >= 0.6 is 11.3 Å². The van der Waals surface area contributed by atoms with E-state index in [-0.39, 0.29) is 10.5 Å². The maximum Gasteiger partial charge on any atom is 0.348 e. The zero-order valence-electron chi connectivity index (χ0n) is 13.3. The predicted molar refractivity (Wildman–Crippen MR) is 90.9 cm³/mol. The lowest BCUT2D eigenvalue weighted by molar-refractivity contribution is 0.0606. The molecule has 1 N–H and O–H groups in total. The van der Waals surface area contributed by atoms with E-state index in [1.807, 2.05) is 0 Å². The molecule has 24 heavy (non-hydrogen) atoms. The van der Waals surface area contributed by atoms with E-state index < -0.39 is 21.9 Å². The van der Waals surface area contributed by atoms with Crippen molar-refractivity contribution >= 4 is 38.2 Å². The molecule has 1 heterocycles. The summed E-state index contributed by atoms with van der Waals surface area (Å²) in [5.41, 5.74) is 0.200. The van der Waals surface area contributed by atoms with Gasteiger partial charge in [0.05, 0.1) is 17.0 Å². The van der Waals surface area contributed by atoms with Gasteiger partial charge in [-0.2, -0.15) is 0 Å². The molecule has 9 heteroatoms. The number of ether oxygens (including phenoxy) is 1. The van der Waals surface area contributed by atoms with Gasteiger partial charge in [0, 0.05) is 19.7 Å². The van der Waals surface area contributed by atoms with Gasteiger partial charge < -0.3 is 10.1 Å². The molecule has 0 fully saturated rings. The topological polar surface area (TPSA) is 92.8 Å². The van der Waals surface area contributed by atoms with Gasteiger partial charge in [-0.25, -0.2) is 17.5 Å². The molecule has 7 nitrogen and oxygen atoms in total. The van der Waals surface area contributed by atoms with E-state index >= 15 is 0 Å². The second-order valence-electron chi connectivity index (χ2n) is 4.92. The first-order valence-corrected chi connectivity index (χ1v) is 9.03. The van der Waals surface area contributed by atoms with Crippen LogP contribution < -0.4 is 5.32 Å². The third-order valence-corrected chi connectivity index (χ3v) is 5.90. The summed E-state index contributed by atoms with van der Waals surface area (Å²) in [6, 6.07) is 8.86. The summed E-state index contributed by atoms with van der Waals surface area (Å²) in [6.45, 7) is 0. The highest BCUT2D eigenvalue weighted by molar-refractivity contribution is 7.89. The number of hydrogen-bond acceptors (Lipinski definition) is 6. The summed E-state index contributed by atoms with van der Waals surface area (Å²) in [5.74, 6) is -0.955. The molecule has 2 aromatic rings. The first kappa shape index (κ1) is 18.1. The average Bonchev–Trinajstić information content (AvgIpc) is 3.02. The number of benzene rings is 1. The van der Waals surface area contributed by atoms with Crippen molar-refractivity contribution in [3.8, 4) is 0 Å². The van der Waals surface area contributed by atoms with Crippen LogP contribution in [-0.4, -0.2) is 45.8 Å². The minimum Gasteiger partial charge on any atom is -0.465 e. The molecule has 1 aromatic carbocycles. The first-order valence-electron chi connectivity index (χ1n) is 6.78. The number of carbonyl (C=O) groups excluding carboxylic acids is 2. The van der Waals surface area contributed by atoms with E-state index in [1.165, 1.54) is 45.5 Å². The molecule has 0 radical (unpaired) electrons. The number of carbonyl (C=O) groups is 2. The number of anilines is 1. The monoisotopic (exact) mass is 368 g/mol. The van der Waals surface area contributed by atoms with Gasteiger partial charge in [-0.05, 0) is 30.3 Å². The third kappa shape index (κ3) is 3.81. The van der Waals surface area contributed by atoms with Crippen LogP contribution in [0.3, 0.4) is 0 Å². The quantitative estimate of drug-likeness (QED) is 0.815. The summed E-state index contributed by atoms with van der Waals surface area (Å²) in [7, 11) is 0.491. The van der Waals surface area contributed by atoms with Crippen LogP contribution in [0.2, 0.25) is 0 Å². The molecular formula is C15H16N2O5S2. The van der Waals surface area contributed by atoms with E-state index in [0.29, 0.717) is 9.88 Å². The molecule has 0 aliphatic heterocycles. The standard InChI is InChI=1S/C15H16N2O5S2/c1-17(2)24(20,21)11-6-4-5-10(9-11)14(18)16-13-8-7-12(23-13)15(19)22-3/h4-9H,1-3H3,(H,16,18). The van der Waals surface area contributed by atoms with Crippen molar-refractivity contribution in [2.24, 2.45) is 0 Å². The van der Waals surface area contributed by atoms with E-state index in [0.717, 1.165) is 15.6 Å². The number of methoxy groups -OCH3 is 1. The van der Waals surface area contributed by atoms with E-state index in [9.17, 15) is 18.0 Å². The average molecular weight is 368 g/mol. The van der Waals surface area contributed by atoms with Crippen molar-refractivity contribution < 1.29 is 22.7 Å². The number of rotatable bonds is 5. The van der Waals surface area contributed by atoms with Crippen LogP contribution in [0.25, 0.3) is 0 Å². The number of hydrogen-bond donors (Lipinski definition) is 1. The molecule has 0 aliphatic rings. The maximum absolute atomic E-state index is 12.3. The Kier molecular flexibility index (Phi) is 5.37. The summed E-state index contributed by atoms with van der Waals surface area (Å²) < 4.78 is 29.9. The van der Waals surface area contributed by atoms with Gasteiger partial charge in [-0.15, -0.1) is 11.3 Å². The normalized spacial score (nSPS) is 11.3. The molecule has 128 valence electrons. The van der Waals surface area contributed by atoms with Gasteiger partial charge >= 0.3 is 5.97 Å². The van der Waals surface area contributed by atoms with Crippen molar-refractivity contribution in [1.29, 1.82) is 0 Å². The molecule has 2 rings (SSSR count). The third-order valence-electron chi connectivity index (χ3n) is 3.10. The van der Waals surface area contributed by atoms with Gasteiger partial charge in [-0.1, -0.05) is 6.07 Å². The largest absolute Gasteiger partial charge is 0.465 e. The van der Waals surface area contributed by atoms with Crippen molar-refractivity contribution in [3.05, 3.63) is 46.8 Å². The highest BCUT2D eigenvalue weighted by Gasteiger charge is 2.19. The lowest BCUT2D eigenvalue weighted by Gasteiger charge is -2.12. The van der Waals surface area contributed by atoms with Gasteiger partial charge in [0.1, 0.15) is 4.88 Å². The number of esters is 1. The SMILES string of the molecule is COC(=O)c1ccc(NC(=O)c2cccc(S(=O)(=O)N(C)C)c2)s1. The number of sulfonamides is 1. The second-order valence-corrected chi connectivity index (χ2v) is 8.16. The minimum absolute atomic E-state index is 0.0292. The molecule has 0 unspecified atom stereocenters. The molecule has 1 amide bonds. The maximum atomic E-state index is 12.3. The van der Waals surface area contributed by atoms with Crippen LogP contribution in [0.5, 0.6) is 0 Å². The zero-order chi connectivity index (χ0) is 17.9. The van der Waals surface area contributed by atoms with E-state index in [4.69, 9.17) is 0 Å². The van der Waals surface area contributed by atoms with Gasteiger partial charge in [-0.3, -0.25) is 4.79 Å². The Hall–Kier alpha value is -2.23. The molecule has 1 aromatic heterocycles. The molecule has 0 aliphatic carbocycles. The Labute approximate surface area is 143 Å². The lowest BCUT2D eigenvalue weighted by atomic mass is 10.2. The van der Waals surface area contributed by atoms with Gasteiger partial charge in [0.25, 0.3) is 5.91 Å². The van der Waals surface area contributed by atoms with Gasteiger partial charge in [0.2, 0.25) is 10.0 Å². The molecular weight excluding hydrogens is 352 g/mol. The van der Waals surface area contributed by atoms with Crippen molar-refractivity contribution in [2.45, 2.75) is 4.90 Å². The fourth-order valence-corrected chi connectivity index (χ4v) is 3.58. The Morgan fingerprint density at radius 3 is 2.50 bits per heavy atom. The Bertz CT molecular complexity index is 871. The highest BCUT2D eigenvalue weighted by Crippen LogP contribution is 2.23. The molecule has 0 spiro atoms. The summed E-state index contributed by atoms with van der Waals surface area (Å²) in [6.07, 6.45) is 0. The zero-order valence-corrected chi connectivity index (χ0v) is 14.9. The Balaban J connectivity index is 2.22. The summed E-state index contributed by atoms with van der Waals surface area (Å²) in [5, 5.41) is 3.09. The fraction of sp³-hybridized carbons (Fsp3) is 0.200. The fourth-order valence-electron chi connectivity index (χ4n) is 1.81. The molecule has 0 atom stereocenters. The van der Waals surface area contributed by atoms with E-state index in [2.05, 4.69) is 10.1 Å². The Morgan fingerprint density at radius 2 is 1.88 bits per heavy atom. The highest BCUT2D eigenvalue weighted by atomic mass is 32.2. The number of thiophene rings is 1.